The Morgan fingerprint density at radius 1 is 1.29 bits per heavy atom. The molecule has 0 bridgehead atoms. The van der Waals surface area contributed by atoms with Gasteiger partial charge in [-0.1, -0.05) is 17.7 Å². The Balaban J connectivity index is 1.88. The number of hydrogen-bond acceptors (Lipinski definition) is 5. The molecule has 2 amide bonds. The third kappa shape index (κ3) is 5.59. The molecule has 1 aromatic carbocycles. The molecule has 0 atom stereocenters. The summed E-state index contributed by atoms with van der Waals surface area (Å²) in [7, 11) is 3.97. The van der Waals surface area contributed by atoms with Gasteiger partial charge in [-0.3, -0.25) is 14.9 Å². The lowest BCUT2D eigenvalue weighted by Crippen LogP contribution is -2.27. The molecular formula is C16H19ClN4O2S. The number of hydrogen-bond donors (Lipinski definition) is 2. The summed E-state index contributed by atoms with van der Waals surface area (Å²) >= 11 is 7.07. The van der Waals surface area contributed by atoms with Crippen LogP contribution in [0.3, 0.4) is 0 Å². The van der Waals surface area contributed by atoms with Crippen molar-refractivity contribution in [1.82, 2.24) is 15.2 Å². The molecule has 0 fully saturated rings. The van der Waals surface area contributed by atoms with E-state index in [0.717, 1.165) is 13.0 Å². The molecule has 1 aromatic heterocycles. The molecule has 2 N–H and O–H groups in total. The second-order valence-electron chi connectivity index (χ2n) is 5.42. The topological polar surface area (TPSA) is 74.3 Å². The van der Waals surface area contributed by atoms with Gasteiger partial charge in [0.2, 0.25) is 0 Å². The lowest BCUT2D eigenvalue weighted by molar-refractivity contribution is 0.0946. The minimum absolute atomic E-state index is 0.242. The molecule has 2 aromatic rings. The average Bonchev–Trinajstić information content (AvgIpc) is 2.99. The summed E-state index contributed by atoms with van der Waals surface area (Å²) < 4.78 is 0. The molecular weight excluding hydrogens is 348 g/mol. The predicted octanol–water partition coefficient (Wildman–Crippen LogP) is 2.73. The van der Waals surface area contributed by atoms with Crippen molar-refractivity contribution in [2.24, 2.45) is 0 Å². The van der Waals surface area contributed by atoms with Crippen molar-refractivity contribution in [2.45, 2.75) is 6.42 Å². The fraction of sp³-hybridized carbons (Fsp3) is 0.312. The monoisotopic (exact) mass is 366 g/mol. The summed E-state index contributed by atoms with van der Waals surface area (Å²) in [6, 6.07) is 6.63. The van der Waals surface area contributed by atoms with Crippen LogP contribution in [0.1, 0.15) is 27.3 Å². The van der Waals surface area contributed by atoms with Crippen molar-refractivity contribution < 1.29 is 9.59 Å². The Kier molecular flexibility index (Phi) is 6.72. The first-order valence-corrected chi connectivity index (χ1v) is 8.67. The van der Waals surface area contributed by atoms with Crippen LogP contribution < -0.4 is 10.6 Å². The minimum atomic E-state index is -0.315. The number of rotatable bonds is 7. The van der Waals surface area contributed by atoms with Gasteiger partial charge >= 0.3 is 0 Å². The van der Waals surface area contributed by atoms with E-state index >= 15 is 0 Å². The molecule has 0 radical (unpaired) electrons. The van der Waals surface area contributed by atoms with Crippen LogP contribution in [0.5, 0.6) is 0 Å². The van der Waals surface area contributed by atoms with Crippen LogP contribution in [-0.2, 0) is 0 Å². The van der Waals surface area contributed by atoms with Crippen LogP contribution in [0, 0.1) is 0 Å². The number of anilines is 1. The molecule has 0 saturated carbocycles. The number of carbonyl (C=O) groups is 2. The Labute approximate surface area is 149 Å². The summed E-state index contributed by atoms with van der Waals surface area (Å²) in [5.41, 5.74) is 0.735. The van der Waals surface area contributed by atoms with Gasteiger partial charge < -0.3 is 10.2 Å². The van der Waals surface area contributed by atoms with E-state index in [4.69, 9.17) is 11.6 Å². The molecule has 8 heteroatoms. The molecule has 0 spiro atoms. The Bertz CT molecular complexity index is 718. The summed E-state index contributed by atoms with van der Waals surface area (Å²) in [4.78, 5) is 30.3. The van der Waals surface area contributed by atoms with Gasteiger partial charge in [0.05, 0.1) is 0 Å². The van der Waals surface area contributed by atoms with Crippen molar-refractivity contribution in [3.63, 3.8) is 0 Å². The zero-order valence-electron chi connectivity index (χ0n) is 13.5. The van der Waals surface area contributed by atoms with Crippen LogP contribution in [0.15, 0.2) is 29.6 Å². The molecule has 0 aliphatic rings. The van der Waals surface area contributed by atoms with Crippen LogP contribution in [0.2, 0.25) is 5.02 Å². The Morgan fingerprint density at radius 3 is 2.79 bits per heavy atom. The highest BCUT2D eigenvalue weighted by Crippen LogP contribution is 2.17. The minimum Gasteiger partial charge on any atom is -0.351 e. The first kappa shape index (κ1) is 18.4. The quantitative estimate of drug-likeness (QED) is 0.739. The third-order valence-electron chi connectivity index (χ3n) is 3.11. The van der Waals surface area contributed by atoms with Crippen molar-refractivity contribution in [2.75, 3.05) is 32.5 Å². The zero-order chi connectivity index (χ0) is 17.5. The maximum absolute atomic E-state index is 12.1. The lowest BCUT2D eigenvalue weighted by Gasteiger charge is -2.09. The van der Waals surface area contributed by atoms with Gasteiger partial charge in [0.1, 0.15) is 5.69 Å². The molecule has 2 rings (SSSR count). The standard InChI is InChI=1S/C16H19ClN4O2S/c1-21(2)8-4-7-18-15(23)13-10-24-16(19-13)20-14(22)11-5-3-6-12(17)9-11/h3,5-6,9-10H,4,7-8H2,1-2H3,(H,18,23)(H,19,20,22). The Hall–Kier alpha value is -1.96. The highest BCUT2D eigenvalue weighted by atomic mass is 35.5. The van der Waals surface area contributed by atoms with E-state index in [1.165, 1.54) is 11.3 Å². The van der Waals surface area contributed by atoms with Crippen molar-refractivity contribution in [3.05, 3.63) is 45.9 Å². The highest BCUT2D eigenvalue weighted by molar-refractivity contribution is 7.14. The fourth-order valence-corrected chi connectivity index (χ4v) is 2.80. The number of halogens is 1. The molecule has 0 saturated heterocycles. The van der Waals surface area contributed by atoms with E-state index in [0.29, 0.717) is 28.0 Å². The first-order chi connectivity index (χ1) is 11.5. The maximum atomic E-state index is 12.1. The lowest BCUT2D eigenvalue weighted by atomic mass is 10.2. The third-order valence-corrected chi connectivity index (χ3v) is 4.10. The molecule has 0 aliphatic heterocycles. The van der Waals surface area contributed by atoms with E-state index in [2.05, 4.69) is 20.5 Å². The number of amides is 2. The van der Waals surface area contributed by atoms with Gasteiger partial charge in [-0.05, 0) is 45.3 Å². The Morgan fingerprint density at radius 2 is 2.08 bits per heavy atom. The number of thiazole rings is 1. The van der Waals surface area contributed by atoms with Crippen LogP contribution in [-0.4, -0.2) is 48.9 Å². The van der Waals surface area contributed by atoms with Crippen molar-refractivity contribution in [1.29, 1.82) is 0 Å². The maximum Gasteiger partial charge on any atom is 0.270 e. The smallest absolute Gasteiger partial charge is 0.270 e. The van der Waals surface area contributed by atoms with E-state index < -0.39 is 0 Å². The SMILES string of the molecule is CN(C)CCCNC(=O)c1csc(NC(=O)c2cccc(Cl)c2)n1. The number of nitrogens with zero attached hydrogens (tertiary/aromatic N) is 2. The van der Waals surface area contributed by atoms with Crippen molar-refractivity contribution in [3.8, 4) is 0 Å². The average molecular weight is 367 g/mol. The van der Waals surface area contributed by atoms with E-state index in [1.54, 1.807) is 29.6 Å². The van der Waals surface area contributed by atoms with Crippen molar-refractivity contribution >= 4 is 39.9 Å². The number of carbonyl (C=O) groups excluding carboxylic acids is 2. The van der Waals surface area contributed by atoms with E-state index in [-0.39, 0.29) is 11.8 Å². The molecule has 128 valence electrons. The second-order valence-corrected chi connectivity index (χ2v) is 6.71. The van der Waals surface area contributed by atoms with Gasteiger partial charge in [-0.25, -0.2) is 4.98 Å². The van der Waals surface area contributed by atoms with Gasteiger partial charge in [0, 0.05) is 22.5 Å². The van der Waals surface area contributed by atoms with Gasteiger partial charge in [0.25, 0.3) is 11.8 Å². The number of benzene rings is 1. The molecule has 1 heterocycles. The van der Waals surface area contributed by atoms with E-state index in [1.807, 2.05) is 14.1 Å². The predicted molar refractivity (Wildman–Crippen MR) is 97.0 cm³/mol. The second kappa shape index (κ2) is 8.77. The summed E-state index contributed by atoms with van der Waals surface area (Å²) in [5, 5.41) is 7.95. The molecule has 0 unspecified atom stereocenters. The molecule has 24 heavy (non-hydrogen) atoms. The summed E-state index contributed by atoms with van der Waals surface area (Å²) in [6.45, 7) is 1.48. The summed E-state index contributed by atoms with van der Waals surface area (Å²) in [5.74, 6) is -0.557. The van der Waals surface area contributed by atoms with Crippen LogP contribution >= 0.6 is 22.9 Å². The summed E-state index contributed by atoms with van der Waals surface area (Å²) in [6.07, 6.45) is 0.862. The van der Waals surface area contributed by atoms with Crippen LogP contribution in [0.4, 0.5) is 5.13 Å². The fourth-order valence-electron chi connectivity index (χ4n) is 1.92. The molecule has 6 nitrogen and oxygen atoms in total. The molecule has 0 aliphatic carbocycles. The van der Waals surface area contributed by atoms with Gasteiger partial charge in [0.15, 0.2) is 5.13 Å². The zero-order valence-corrected chi connectivity index (χ0v) is 15.1. The normalized spacial score (nSPS) is 10.7. The number of aromatic nitrogens is 1. The first-order valence-electron chi connectivity index (χ1n) is 7.41. The highest BCUT2D eigenvalue weighted by Gasteiger charge is 2.13. The van der Waals surface area contributed by atoms with Gasteiger partial charge in [-0.15, -0.1) is 11.3 Å². The van der Waals surface area contributed by atoms with E-state index in [9.17, 15) is 9.59 Å². The van der Waals surface area contributed by atoms with Crippen LogP contribution in [0.25, 0.3) is 0 Å². The number of nitrogens with one attached hydrogen (secondary N) is 2. The van der Waals surface area contributed by atoms with Gasteiger partial charge in [-0.2, -0.15) is 0 Å². The largest absolute Gasteiger partial charge is 0.351 e.